The van der Waals surface area contributed by atoms with Gasteiger partial charge >= 0.3 is 0 Å². The Balaban J connectivity index is 0.931. The first kappa shape index (κ1) is 29.1. The summed E-state index contributed by atoms with van der Waals surface area (Å²) in [7, 11) is 0. The van der Waals surface area contributed by atoms with E-state index in [0.29, 0.717) is 23.9 Å². The summed E-state index contributed by atoms with van der Waals surface area (Å²) in [6, 6.07) is 47.2. The summed E-state index contributed by atoms with van der Waals surface area (Å²) < 4.78 is 2.38. The molecule has 0 amide bonds. The Bertz CT molecular complexity index is 2430. The van der Waals surface area contributed by atoms with E-state index in [1.54, 1.807) is 0 Å². The molecule has 0 saturated carbocycles. The predicted molar refractivity (Wildman–Crippen MR) is 209 cm³/mol. The molecule has 0 spiro atoms. The largest absolute Gasteiger partial charge is 0.357 e. The molecular weight excluding hydrogens is 605 g/mol. The molecule has 2 heteroatoms. The molecule has 1 saturated heterocycles. The predicted octanol–water partition coefficient (Wildman–Crippen LogP) is 11.6. The molecule has 2 heterocycles. The third kappa shape index (κ3) is 4.78. The van der Waals surface area contributed by atoms with Crippen LogP contribution < -0.4 is 0 Å². The molecule has 4 unspecified atom stereocenters. The van der Waals surface area contributed by atoms with E-state index >= 15 is 0 Å². The second kappa shape index (κ2) is 11.9. The second-order valence-corrected chi connectivity index (χ2v) is 14.0. The monoisotopic (exact) mass is 642 g/mol. The number of rotatable bonds is 5. The lowest BCUT2D eigenvalue weighted by atomic mass is 9.83. The molecule has 0 bridgehead atoms. The van der Waals surface area contributed by atoms with Crippen LogP contribution in [0.5, 0.6) is 0 Å². The fourth-order valence-corrected chi connectivity index (χ4v) is 8.79. The zero-order valence-electron chi connectivity index (χ0n) is 27.9. The zero-order chi connectivity index (χ0) is 33.0. The van der Waals surface area contributed by atoms with E-state index in [0.717, 1.165) is 12.8 Å². The van der Waals surface area contributed by atoms with E-state index in [4.69, 9.17) is 0 Å². The lowest BCUT2D eigenvalue weighted by Crippen LogP contribution is -2.38. The lowest BCUT2D eigenvalue weighted by molar-refractivity contribution is 0.266. The number of nitrogens with zero attached hydrogens (tertiary/aromatic N) is 2. The minimum atomic E-state index is 0.359. The first-order valence-corrected chi connectivity index (χ1v) is 18.0. The fraction of sp³-hybridized carbons (Fsp3) is 0.125. The van der Waals surface area contributed by atoms with Gasteiger partial charge in [0, 0.05) is 34.0 Å². The smallest absolute Gasteiger partial charge is 0.0586 e. The van der Waals surface area contributed by atoms with Crippen molar-refractivity contribution in [2.24, 2.45) is 5.92 Å². The molecule has 4 aliphatic rings. The van der Waals surface area contributed by atoms with Crippen LogP contribution in [0.15, 0.2) is 193 Å². The number of para-hydroxylation sites is 2. The van der Waals surface area contributed by atoms with Crippen molar-refractivity contribution in [1.29, 1.82) is 0 Å². The molecule has 4 atom stereocenters. The number of fused-ring (bicyclic) bond motifs is 6. The first-order valence-electron chi connectivity index (χ1n) is 18.0. The summed E-state index contributed by atoms with van der Waals surface area (Å²) in [5.41, 5.74) is 13.1. The van der Waals surface area contributed by atoms with E-state index in [1.807, 2.05) is 0 Å². The van der Waals surface area contributed by atoms with Crippen molar-refractivity contribution < 1.29 is 0 Å². The summed E-state index contributed by atoms with van der Waals surface area (Å²) in [5.74, 6) is 0.770. The van der Waals surface area contributed by atoms with Crippen molar-refractivity contribution in [3.05, 3.63) is 204 Å². The molecule has 1 aliphatic heterocycles. The average molecular weight is 643 g/mol. The van der Waals surface area contributed by atoms with Crippen molar-refractivity contribution in [3.8, 4) is 16.8 Å². The number of benzene rings is 5. The van der Waals surface area contributed by atoms with Gasteiger partial charge in [-0.15, -0.1) is 0 Å². The van der Waals surface area contributed by atoms with Gasteiger partial charge in [0.15, 0.2) is 0 Å². The minimum Gasteiger partial charge on any atom is -0.357 e. The number of hydrogen-bond acceptors (Lipinski definition) is 1. The fourth-order valence-electron chi connectivity index (χ4n) is 8.79. The molecule has 0 N–H and O–H groups in total. The van der Waals surface area contributed by atoms with Crippen LogP contribution in [-0.2, 0) is 0 Å². The van der Waals surface area contributed by atoms with Gasteiger partial charge in [-0.1, -0.05) is 152 Å². The van der Waals surface area contributed by atoms with Crippen molar-refractivity contribution in [2.45, 2.75) is 30.8 Å². The van der Waals surface area contributed by atoms with Gasteiger partial charge < -0.3 is 9.47 Å². The summed E-state index contributed by atoms with van der Waals surface area (Å²) >= 11 is 0. The Hall–Kier alpha value is -5.86. The number of likely N-dealkylation sites (tertiary alicyclic amines) is 1. The van der Waals surface area contributed by atoms with Crippen molar-refractivity contribution in [1.82, 2.24) is 9.47 Å². The summed E-state index contributed by atoms with van der Waals surface area (Å²) in [5, 5.41) is 2.57. The van der Waals surface area contributed by atoms with Crippen LogP contribution in [-0.4, -0.2) is 21.6 Å². The second-order valence-electron chi connectivity index (χ2n) is 14.0. The SMILES string of the molecule is C1=CC2C3=CC(c4ccc(-c5ccc6c(c5)c5ccccc5n6-c5ccccc5)cc4)CC=C3N(C3C=CC(c4ccccc4)=CC3)C2C=C1. The van der Waals surface area contributed by atoms with Crippen LogP contribution in [0.3, 0.4) is 0 Å². The van der Waals surface area contributed by atoms with Crippen LogP contribution in [0.1, 0.15) is 29.9 Å². The molecule has 2 nitrogen and oxygen atoms in total. The molecule has 10 rings (SSSR count). The highest BCUT2D eigenvalue weighted by molar-refractivity contribution is 6.10. The molecule has 5 aromatic carbocycles. The molecule has 6 aromatic rings. The van der Waals surface area contributed by atoms with E-state index < -0.39 is 0 Å². The van der Waals surface area contributed by atoms with E-state index in [9.17, 15) is 0 Å². The van der Waals surface area contributed by atoms with Crippen LogP contribution in [0.4, 0.5) is 0 Å². The zero-order valence-corrected chi connectivity index (χ0v) is 27.9. The maximum Gasteiger partial charge on any atom is 0.0586 e. The van der Waals surface area contributed by atoms with E-state index in [-0.39, 0.29) is 0 Å². The van der Waals surface area contributed by atoms with Crippen LogP contribution in [0.25, 0.3) is 44.2 Å². The maximum absolute atomic E-state index is 2.69. The number of hydrogen-bond donors (Lipinski definition) is 0. The van der Waals surface area contributed by atoms with E-state index in [1.165, 1.54) is 66.6 Å². The normalized spacial score (nSPS) is 22.3. The van der Waals surface area contributed by atoms with Gasteiger partial charge in [-0.25, -0.2) is 0 Å². The maximum atomic E-state index is 2.69. The quantitative estimate of drug-likeness (QED) is 0.182. The van der Waals surface area contributed by atoms with Gasteiger partial charge in [-0.3, -0.25) is 0 Å². The first-order chi connectivity index (χ1) is 24.8. The number of aromatic nitrogens is 1. The van der Waals surface area contributed by atoms with Gasteiger partial charge in [0.2, 0.25) is 0 Å². The third-order valence-electron chi connectivity index (χ3n) is 11.2. The van der Waals surface area contributed by atoms with Crippen molar-refractivity contribution in [3.63, 3.8) is 0 Å². The minimum absolute atomic E-state index is 0.359. The van der Waals surface area contributed by atoms with Crippen molar-refractivity contribution in [2.75, 3.05) is 0 Å². The number of allylic oxidation sites excluding steroid dienone is 7. The lowest BCUT2D eigenvalue weighted by Gasteiger charge is -2.35. The highest BCUT2D eigenvalue weighted by Crippen LogP contribution is 2.48. The molecule has 3 aliphatic carbocycles. The van der Waals surface area contributed by atoms with Gasteiger partial charge in [-0.2, -0.15) is 0 Å². The summed E-state index contributed by atoms with van der Waals surface area (Å²) in [6.45, 7) is 0. The topological polar surface area (TPSA) is 8.17 Å². The van der Waals surface area contributed by atoms with Crippen LogP contribution >= 0.6 is 0 Å². The summed E-state index contributed by atoms with van der Waals surface area (Å²) in [4.78, 5) is 2.69. The van der Waals surface area contributed by atoms with Gasteiger partial charge in [0.05, 0.1) is 23.1 Å². The molecule has 240 valence electrons. The Kier molecular flexibility index (Phi) is 6.94. The van der Waals surface area contributed by atoms with E-state index in [2.05, 4.69) is 192 Å². The molecule has 50 heavy (non-hydrogen) atoms. The average Bonchev–Trinajstić information content (AvgIpc) is 3.71. The Morgan fingerprint density at radius 2 is 1.30 bits per heavy atom. The van der Waals surface area contributed by atoms with Crippen LogP contribution in [0.2, 0.25) is 0 Å². The molecule has 1 fully saturated rings. The molecule has 0 radical (unpaired) electrons. The molecular formula is C48H38N2. The third-order valence-corrected chi connectivity index (χ3v) is 11.2. The van der Waals surface area contributed by atoms with Gasteiger partial charge in [-0.05, 0) is 76.6 Å². The Morgan fingerprint density at radius 1 is 0.560 bits per heavy atom. The summed E-state index contributed by atoms with van der Waals surface area (Å²) in [6.07, 6.45) is 23.6. The van der Waals surface area contributed by atoms with Gasteiger partial charge in [0.1, 0.15) is 0 Å². The van der Waals surface area contributed by atoms with Crippen molar-refractivity contribution >= 4 is 27.4 Å². The highest BCUT2D eigenvalue weighted by atomic mass is 15.2. The van der Waals surface area contributed by atoms with Crippen LogP contribution in [0, 0.1) is 5.92 Å². The van der Waals surface area contributed by atoms with Gasteiger partial charge in [0.25, 0.3) is 0 Å². The Morgan fingerprint density at radius 3 is 2.12 bits per heavy atom. The molecule has 1 aromatic heterocycles. The standard InChI is InChI=1S/C48H38N2/c1-3-11-33(12-4-1)34-23-27-40(28-24-34)50-46-18-10-8-16-42(46)44-32-38(26-30-48(44)50)36-21-19-35(20-22-36)37-25-29-47-43(31-37)41-15-7-9-17-45(41)49(47)39-13-5-2-6-14-39/h1-25,27,29-32,38,40,42,46H,26,28H2. The Labute approximate surface area is 294 Å². The highest BCUT2D eigenvalue weighted by Gasteiger charge is 2.43.